The summed E-state index contributed by atoms with van der Waals surface area (Å²) in [6, 6.07) is 10.7. The molecule has 0 amide bonds. The fourth-order valence-electron chi connectivity index (χ4n) is 2.64. The largest absolute Gasteiger partial charge is 0.336 e. The first-order valence-electron chi connectivity index (χ1n) is 7.27. The van der Waals surface area contributed by atoms with Crippen LogP contribution in [0.25, 0.3) is 10.9 Å². The zero-order valence-electron chi connectivity index (χ0n) is 12.7. The summed E-state index contributed by atoms with van der Waals surface area (Å²) in [4.78, 5) is 9.05. The van der Waals surface area contributed by atoms with Gasteiger partial charge in [0.15, 0.2) is 0 Å². The minimum atomic E-state index is 0.0979. The predicted molar refractivity (Wildman–Crippen MR) is 85.2 cm³/mol. The highest BCUT2D eigenvalue weighted by molar-refractivity contribution is 5.79. The second-order valence-electron chi connectivity index (χ2n) is 5.29. The Balaban J connectivity index is 2.07. The van der Waals surface area contributed by atoms with Crippen molar-refractivity contribution in [2.75, 3.05) is 6.54 Å². The average Bonchev–Trinajstić information content (AvgIpc) is 2.90. The molecule has 0 aliphatic heterocycles. The van der Waals surface area contributed by atoms with Crippen LogP contribution in [0, 0.1) is 6.92 Å². The van der Waals surface area contributed by atoms with Gasteiger partial charge in [-0.3, -0.25) is 4.98 Å². The third kappa shape index (κ3) is 2.67. The van der Waals surface area contributed by atoms with E-state index >= 15 is 0 Å². The first-order chi connectivity index (χ1) is 10.2. The van der Waals surface area contributed by atoms with Gasteiger partial charge in [0.1, 0.15) is 5.82 Å². The van der Waals surface area contributed by atoms with Gasteiger partial charge in [-0.2, -0.15) is 0 Å². The highest BCUT2D eigenvalue weighted by Gasteiger charge is 2.17. The fourth-order valence-corrected chi connectivity index (χ4v) is 2.64. The van der Waals surface area contributed by atoms with Crippen molar-refractivity contribution in [3.63, 3.8) is 0 Å². The van der Waals surface area contributed by atoms with E-state index in [4.69, 9.17) is 0 Å². The summed E-state index contributed by atoms with van der Waals surface area (Å²) in [7, 11) is 2.03. The second-order valence-corrected chi connectivity index (χ2v) is 5.29. The molecule has 3 aromatic rings. The van der Waals surface area contributed by atoms with E-state index in [-0.39, 0.29) is 6.04 Å². The number of aromatic nitrogens is 3. The van der Waals surface area contributed by atoms with Gasteiger partial charge in [-0.15, -0.1) is 0 Å². The number of imidazole rings is 1. The van der Waals surface area contributed by atoms with Crippen LogP contribution in [0.15, 0.2) is 42.7 Å². The molecule has 0 saturated heterocycles. The molecule has 108 valence electrons. The summed E-state index contributed by atoms with van der Waals surface area (Å²) in [5.41, 5.74) is 3.29. The molecule has 0 spiro atoms. The summed E-state index contributed by atoms with van der Waals surface area (Å²) >= 11 is 0. The van der Waals surface area contributed by atoms with E-state index in [1.165, 1.54) is 5.56 Å². The topological polar surface area (TPSA) is 42.7 Å². The van der Waals surface area contributed by atoms with Crippen LogP contribution in [0.2, 0.25) is 0 Å². The van der Waals surface area contributed by atoms with E-state index in [0.717, 1.165) is 29.0 Å². The van der Waals surface area contributed by atoms with Crippen LogP contribution in [0.4, 0.5) is 0 Å². The summed E-state index contributed by atoms with van der Waals surface area (Å²) < 4.78 is 2.06. The quantitative estimate of drug-likeness (QED) is 0.799. The van der Waals surface area contributed by atoms with Gasteiger partial charge in [0.2, 0.25) is 0 Å². The molecule has 1 atom stereocenters. The molecule has 0 bridgehead atoms. The molecular formula is C17H20N4. The van der Waals surface area contributed by atoms with Crippen molar-refractivity contribution in [3.05, 3.63) is 59.8 Å². The Morgan fingerprint density at radius 3 is 2.81 bits per heavy atom. The van der Waals surface area contributed by atoms with Crippen molar-refractivity contribution in [2.24, 2.45) is 7.05 Å². The fraction of sp³-hybridized carbons (Fsp3) is 0.294. The van der Waals surface area contributed by atoms with Crippen molar-refractivity contribution >= 4 is 10.9 Å². The highest BCUT2D eigenvalue weighted by atomic mass is 15.1. The van der Waals surface area contributed by atoms with Crippen LogP contribution in [0.3, 0.4) is 0 Å². The lowest BCUT2D eigenvalue weighted by Gasteiger charge is -2.18. The number of rotatable bonds is 4. The van der Waals surface area contributed by atoms with Crippen molar-refractivity contribution < 1.29 is 0 Å². The van der Waals surface area contributed by atoms with E-state index in [1.807, 2.05) is 26.4 Å². The van der Waals surface area contributed by atoms with E-state index in [0.29, 0.717) is 0 Å². The maximum atomic E-state index is 4.56. The number of aryl methyl sites for hydroxylation is 2. The Bertz CT molecular complexity index is 760. The molecule has 0 fully saturated rings. The standard InChI is InChI=1S/C17H20N4/c1-4-18-16(17-19-9-10-21(17)3)14-7-8-15-13(11-14)6-5-12(2)20-15/h5-11,16,18H,4H2,1-3H3. The van der Waals surface area contributed by atoms with Crippen molar-refractivity contribution in [1.29, 1.82) is 0 Å². The van der Waals surface area contributed by atoms with Gasteiger partial charge >= 0.3 is 0 Å². The van der Waals surface area contributed by atoms with Crippen LogP contribution in [-0.4, -0.2) is 21.1 Å². The maximum absolute atomic E-state index is 4.56. The normalized spacial score (nSPS) is 12.7. The Morgan fingerprint density at radius 2 is 2.10 bits per heavy atom. The number of fused-ring (bicyclic) bond motifs is 1. The molecule has 0 saturated carbocycles. The van der Waals surface area contributed by atoms with Gasteiger partial charge in [0.05, 0.1) is 11.6 Å². The molecule has 0 aliphatic rings. The minimum absolute atomic E-state index is 0.0979. The van der Waals surface area contributed by atoms with Gasteiger partial charge in [-0.05, 0) is 37.2 Å². The number of nitrogens with one attached hydrogen (secondary N) is 1. The Morgan fingerprint density at radius 1 is 1.24 bits per heavy atom. The Hall–Kier alpha value is -2.20. The Kier molecular flexibility index (Phi) is 3.71. The third-order valence-electron chi connectivity index (χ3n) is 3.71. The number of benzene rings is 1. The van der Waals surface area contributed by atoms with E-state index in [2.05, 4.69) is 57.1 Å². The molecule has 0 aliphatic carbocycles. The molecule has 3 rings (SSSR count). The predicted octanol–water partition coefficient (Wildman–Crippen LogP) is 2.98. The molecule has 2 heterocycles. The molecule has 1 unspecified atom stereocenters. The van der Waals surface area contributed by atoms with Gasteiger partial charge in [-0.1, -0.05) is 19.1 Å². The van der Waals surface area contributed by atoms with Crippen LogP contribution in [0.1, 0.15) is 30.0 Å². The maximum Gasteiger partial charge on any atom is 0.130 e. The second kappa shape index (κ2) is 5.66. The first-order valence-corrected chi connectivity index (χ1v) is 7.27. The molecule has 0 radical (unpaired) electrons. The van der Waals surface area contributed by atoms with Crippen molar-refractivity contribution in [2.45, 2.75) is 19.9 Å². The molecule has 4 heteroatoms. The van der Waals surface area contributed by atoms with E-state index < -0.39 is 0 Å². The van der Waals surface area contributed by atoms with Gasteiger partial charge < -0.3 is 9.88 Å². The van der Waals surface area contributed by atoms with Gasteiger partial charge in [0.25, 0.3) is 0 Å². The molecule has 1 N–H and O–H groups in total. The number of pyridine rings is 1. The monoisotopic (exact) mass is 280 g/mol. The first kappa shape index (κ1) is 13.8. The van der Waals surface area contributed by atoms with Gasteiger partial charge in [-0.25, -0.2) is 4.98 Å². The number of hydrogen-bond donors (Lipinski definition) is 1. The van der Waals surface area contributed by atoms with Gasteiger partial charge in [0, 0.05) is 30.5 Å². The molecule has 1 aromatic carbocycles. The van der Waals surface area contributed by atoms with E-state index in [9.17, 15) is 0 Å². The number of nitrogens with zero attached hydrogens (tertiary/aromatic N) is 3. The Labute approximate surface area is 124 Å². The van der Waals surface area contributed by atoms with Crippen LogP contribution >= 0.6 is 0 Å². The zero-order valence-corrected chi connectivity index (χ0v) is 12.7. The lowest BCUT2D eigenvalue weighted by molar-refractivity contribution is 0.577. The smallest absolute Gasteiger partial charge is 0.130 e. The summed E-state index contributed by atoms with van der Waals surface area (Å²) in [5, 5.41) is 4.68. The molecule has 21 heavy (non-hydrogen) atoms. The summed E-state index contributed by atoms with van der Waals surface area (Å²) in [6.45, 7) is 5.02. The minimum Gasteiger partial charge on any atom is -0.336 e. The van der Waals surface area contributed by atoms with E-state index in [1.54, 1.807) is 0 Å². The lowest BCUT2D eigenvalue weighted by atomic mass is 10.0. The average molecular weight is 280 g/mol. The number of hydrogen-bond acceptors (Lipinski definition) is 3. The third-order valence-corrected chi connectivity index (χ3v) is 3.71. The molecular weight excluding hydrogens is 260 g/mol. The van der Waals surface area contributed by atoms with Crippen LogP contribution in [-0.2, 0) is 7.05 Å². The SMILES string of the molecule is CCNC(c1ccc2nc(C)ccc2c1)c1nccn1C. The summed E-state index contributed by atoms with van der Waals surface area (Å²) in [6.07, 6.45) is 3.82. The van der Waals surface area contributed by atoms with Crippen LogP contribution in [0.5, 0.6) is 0 Å². The summed E-state index contributed by atoms with van der Waals surface area (Å²) in [5.74, 6) is 1.02. The highest BCUT2D eigenvalue weighted by Crippen LogP contribution is 2.24. The molecule has 2 aromatic heterocycles. The lowest BCUT2D eigenvalue weighted by Crippen LogP contribution is -2.24. The zero-order chi connectivity index (χ0) is 14.8. The molecule has 4 nitrogen and oxygen atoms in total. The van der Waals surface area contributed by atoms with Crippen molar-refractivity contribution in [3.8, 4) is 0 Å². The van der Waals surface area contributed by atoms with Crippen LogP contribution < -0.4 is 5.32 Å². The van der Waals surface area contributed by atoms with Crippen molar-refractivity contribution in [1.82, 2.24) is 19.9 Å².